The highest BCUT2D eigenvalue weighted by Gasteiger charge is 2.23. The lowest BCUT2D eigenvalue weighted by atomic mass is 10.1. The molecule has 0 radical (unpaired) electrons. The molecule has 2 aromatic rings. The molecule has 0 bridgehead atoms. The van der Waals surface area contributed by atoms with Gasteiger partial charge >= 0.3 is 0 Å². The van der Waals surface area contributed by atoms with Crippen molar-refractivity contribution in [1.29, 1.82) is 0 Å². The average molecular weight is 314 g/mol. The molecule has 1 amide bonds. The number of carbonyl (C=O) groups excluding carboxylic acids is 1. The van der Waals surface area contributed by atoms with Crippen LogP contribution >= 0.6 is 0 Å². The third kappa shape index (κ3) is 3.72. The minimum atomic E-state index is -0.0237. The maximum atomic E-state index is 12.5. The van der Waals surface area contributed by atoms with Crippen molar-refractivity contribution in [1.82, 2.24) is 20.2 Å². The van der Waals surface area contributed by atoms with Crippen molar-refractivity contribution in [2.45, 2.75) is 27.2 Å². The number of hydrogen-bond donors (Lipinski definition) is 2. The van der Waals surface area contributed by atoms with E-state index in [2.05, 4.69) is 34.0 Å². The van der Waals surface area contributed by atoms with Gasteiger partial charge in [-0.05, 0) is 43.9 Å². The fraction of sp³-hybridized carbons (Fsp3) is 0.556. The van der Waals surface area contributed by atoms with Crippen LogP contribution in [0.25, 0.3) is 11.0 Å². The summed E-state index contributed by atoms with van der Waals surface area (Å²) in [7, 11) is 0. The zero-order valence-electron chi connectivity index (χ0n) is 14.2. The van der Waals surface area contributed by atoms with E-state index in [0.717, 1.165) is 43.0 Å². The van der Waals surface area contributed by atoms with E-state index in [-0.39, 0.29) is 5.91 Å². The standard InChI is InChI=1S/C18H26N4O/c1-12(2)10-22-8-7-14(11-22)9-19-18(23)15-5-4-6-16-17(15)21-13(3)20-16/h4-6,12,14H,7-11H2,1-3H3,(H,19,23)(H,20,21)/t14-/m1/s1. The van der Waals surface area contributed by atoms with Crippen molar-refractivity contribution in [2.75, 3.05) is 26.2 Å². The molecule has 2 heterocycles. The molecule has 1 saturated heterocycles. The number of para-hydroxylation sites is 1. The molecule has 0 saturated carbocycles. The van der Waals surface area contributed by atoms with Crippen LogP contribution in [-0.4, -0.2) is 47.0 Å². The maximum absolute atomic E-state index is 12.5. The minimum Gasteiger partial charge on any atom is -0.352 e. The number of hydrogen-bond acceptors (Lipinski definition) is 3. The summed E-state index contributed by atoms with van der Waals surface area (Å²) >= 11 is 0. The maximum Gasteiger partial charge on any atom is 0.253 e. The number of benzene rings is 1. The van der Waals surface area contributed by atoms with Gasteiger partial charge in [0.05, 0.1) is 11.1 Å². The van der Waals surface area contributed by atoms with Crippen LogP contribution in [0.5, 0.6) is 0 Å². The molecule has 5 heteroatoms. The van der Waals surface area contributed by atoms with E-state index in [9.17, 15) is 4.79 Å². The normalized spacial score (nSPS) is 18.9. The van der Waals surface area contributed by atoms with Gasteiger partial charge in [0.25, 0.3) is 5.91 Å². The lowest BCUT2D eigenvalue weighted by Gasteiger charge is -2.18. The third-order valence-electron chi connectivity index (χ3n) is 4.42. The van der Waals surface area contributed by atoms with E-state index >= 15 is 0 Å². The number of amides is 1. The van der Waals surface area contributed by atoms with E-state index in [1.807, 2.05) is 25.1 Å². The molecule has 1 aliphatic heterocycles. The SMILES string of the molecule is Cc1nc2c(C(=O)NC[C@H]3CCN(CC(C)C)C3)cccc2[nH]1. The molecule has 5 nitrogen and oxygen atoms in total. The van der Waals surface area contributed by atoms with Crippen LogP contribution in [0.2, 0.25) is 0 Å². The number of fused-ring (bicyclic) bond motifs is 1. The van der Waals surface area contributed by atoms with Gasteiger partial charge < -0.3 is 15.2 Å². The molecule has 0 spiro atoms. The number of carbonyl (C=O) groups is 1. The number of nitrogens with zero attached hydrogens (tertiary/aromatic N) is 2. The second-order valence-corrected chi connectivity index (χ2v) is 7.04. The monoisotopic (exact) mass is 314 g/mol. The van der Waals surface area contributed by atoms with Crippen molar-refractivity contribution in [3.63, 3.8) is 0 Å². The summed E-state index contributed by atoms with van der Waals surface area (Å²) in [5, 5.41) is 3.10. The quantitative estimate of drug-likeness (QED) is 0.892. The number of H-pyrrole nitrogens is 1. The number of aryl methyl sites for hydroxylation is 1. The molecule has 1 aliphatic rings. The lowest BCUT2D eigenvalue weighted by molar-refractivity contribution is 0.0948. The van der Waals surface area contributed by atoms with E-state index in [1.165, 1.54) is 6.42 Å². The molecule has 1 aromatic carbocycles. The van der Waals surface area contributed by atoms with E-state index in [1.54, 1.807) is 0 Å². The van der Waals surface area contributed by atoms with Crippen molar-refractivity contribution in [3.05, 3.63) is 29.6 Å². The summed E-state index contributed by atoms with van der Waals surface area (Å²) in [5.74, 6) is 2.06. The Morgan fingerprint density at radius 3 is 3.09 bits per heavy atom. The summed E-state index contributed by atoms with van der Waals surface area (Å²) < 4.78 is 0. The predicted octanol–water partition coefficient (Wildman–Crippen LogP) is 2.58. The first-order valence-corrected chi connectivity index (χ1v) is 8.49. The Bertz CT molecular complexity index is 691. The van der Waals surface area contributed by atoms with Crippen LogP contribution < -0.4 is 5.32 Å². The number of nitrogens with one attached hydrogen (secondary N) is 2. The third-order valence-corrected chi connectivity index (χ3v) is 4.42. The largest absolute Gasteiger partial charge is 0.352 e. The fourth-order valence-corrected chi connectivity index (χ4v) is 3.43. The van der Waals surface area contributed by atoms with Gasteiger partial charge in [0, 0.05) is 19.6 Å². The Labute approximate surface area is 137 Å². The molecule has 1 aromatic heterocycles. The van der Waals surface area contributed by atoms with Crippen LogP contribution in [0, 0.1) is 18.8 Å². The molecule has 1 atom stereocenters. The average Bonchev–Trinajstić information content (AvgIpc) is 3.08. The molecule has 2 N–H and O–H groups in total. The van der Waals surface area contributed by atoms with Gasteiger partial charge in [0.15, 0.2) is 0 Å². The van der Waals surface area contributed by atoms with Gasteiger partial charge in [-0.1, -0.05) is 19.9 Å². The number of rotatable bonds is 5. The van der Waals surface area contributed by atoms with Crippen molar-refractivity contribution < 1.29 is 4.79 Å². The topological polar surface area (TPSA) is 61.0 Å². The molecule has 3 rings (SSSR count). The highest BCUT2D eigenvalue weighted by molar-refractivity contribution is 6.04. The molecular formula is C18H26N4O. The summed E-state index contributed by atoms with van der Waals surface area (Å²) in [6.45, 7) is 10.5. The van der Waals surface area contributed by atoms with E-state index < -0.39 is 0 Å². The Kier molecular flexibility index (Phi) is 4.66. The van der Waals surface area contributed by atoms with Gasteiger partial charge in [0.2, 0.25) is 0 Å². The molecule has 23 heavy (non-hydrogen) atoms. The van der Waals surface area contributed by atoms with Crippen LogP contribution in [-0.2, 0) is 0 Å². The first-order chi connectivity index (χ1) is 11.0. The molecule has 0 unspecified atom stereocenters. The molecule has 1 fully saturated rings. The number of likely N-dealkylation sites (tertiary alicyclic amines) is 1. The fourth-order valence-electron chi connectivity index (χ4n) is 3.43. The van der Waals surface area contributed by atoms with Gasteiger partial charge in [-0.2, -0.15) is 0 Å². The Morgan fingerprint density at radius 2 is 2.30 bits per heavy atom. The van der Waals surface area contributed by atoms with Gasteiger partial charge in [-0.25, -0.2) is 4.98 Å². The van der Waals surface area contributed by atoms with Crippen LogP contribution in [0.15, 0.2) is 18.2 Å². The molecule has 0 aliphatic carbocycles. The highest BCUT2D eigenvalue weighted by Crippen LogP contribution is 2.18. The second kappa shape index (κ2) is 6.71. The summed E-state index contributed by atoms with van der Waals surface area (Å²) in [6.07, 6.45) is 1.17. The van der Waals surface area contributed by atoms with Crippen molar-refractivity contribution in [2.24, 2.45) is 11.8 Å². The smallest absolute Gasteiger partial charge is 0.253 e. The van der Waals surface area contributed by atoms with Crippen molar-refractivity contribution >= 4 is 16.9 Å². The van der Waals surface area contributed by atoms with Gasteiger partial charge in [-0.3, -0.25) is 4.79 Å². The van der Waals surface area contributed by atoms with Crippen LogP contribution in [0.1, 0.15) is 36.5 Å². The first kappa shape index (κ1) is 16.0. The Balaban J connectivity index is 1.59. The van der Waals surface area contributed by atoms with E-state index in [4.69, 9.17) is 0 Å². The molecular weight excluding hydrogens is 288 g/mol. The zero-order chi connectivity index (χ0) is 16.4. The lowest BCUT2D eigenvalue weighted by Crippen LogP contribution is -2.32. The first-order valence-electron chi connectivity index (χ1n) is 8.49. The highest BCUT2D eigenvalue weighted by atomic mass is 16.1. The van der Waals surface area contributed by atoms with Crippen molar-refractivity contribution in [3.8, 4) is 0 Å². The number of imidazole rings is 1. The predicted molar refractivity (Wildman–Crippen MR) is 92.5 cm³/mol. The van der Waals surface area contributed by atoms with E-state index in [0.29, 0.717) is 17.4 Å². The molecule has 124 valence electrons. The van der Waals surface area contributed by atoms with Gasteiger partial charge in [0.1, 0.15) is 11.3 Å². The Morgan fingerprint density at radius 1 is 1.48 bits per heavy atom. The Hall–Kier alpha value is -1.88. The number of aromatic nitrogens is 2. The van der Waals surface area contributed by atoms with Crippen LogP contribution in [0.3, 0.4) is 0 Å². The zero-order valence-corrected chi connectivity index (χ0v) is 14.2. The summed E-state index contributed by atoms with van der Waals surface area (Å²) in [4.78, 5) is 22.6. The second-order valence-electron chi connectivity index (χ2n) is 7.04. The minimum absolute atomic E-state index is 0.0237. The summed E-state index contributed by atoms with van der Waals surface area (Å²) in [5.41, 5.74) is 2.33. The van der Waals surface area contributed by atoms with Gasteiger partial charge in [-0.15, -0.1) is 0 Å². The number of aromatic amines is 1. The summed E-state index contributed by atoms with van der Waals surface area (Å²) in [6, 6.07) is 5.69. The van der Waals surface area contributed by atoms with Crippen LogP contribution in [0.4, 0.5) is 0 Å².